The van der Waals surface area contributed by atoms with Crippen LogP contribution < -0.4 is 10.6 Å². The van der Waals surface area contributed by atoms with Crippen LogP contribution in [-0.4, -0.2) is 25.3 Å². The molecule has 0 aliphatic heterocycles. The van der Waals surface area contributed by atoms with Gasteiger partial charge in [0.1, 0.15) is 5.82 Å². The van der Waals surface area contributed by atoms with Crippen molar-refractivity contribution in [3.05, 3.63) is 52.5 Å². The van der Waals surface area contributed by atoms with Gasteiger partial charge in [-0.05, 0) is 42.6 Å². The van der Waals surface area contributed by atoms with Crippen molar-refractivity contribution in [2.24, 2.45) is 4.99 Å². The number of aliphatic imine (C=N–C) groups is 1. The zero-order valence-corrected chi connectivity index (χ0v) is 17.0. The van der Waals surface area contributed by atoms with E-state index in [1.165, 1.54) is 17.0 Å². The smallest absolute Gasteiger partial charge is 0.191 e. The quantitative estimate of drug-likeness (QED) is 0.217. The number of hydrogen-bond acceptors (Lipinski definition) is 3. The van der Waals surface area contributed by atoms with E-state index in [0.717, 1.165) is 23.2 Å². The molecule has 0 saturated carbocycles. The molecule has 0 amide bonds. The van der Waals surface area contributed by atoms with Crippen molar-refractivity contribution in [3.63, 3.8) is 0 Å². The summed E-state index contributed by atoms with van der Waals surface area (Å²) in [5.74, 6) is 1.48. The maximum Gasteiger partial charge on any atom is 0.191 e. The highest BCUT2D eigenvalue weighted by Gasteiger charge is 2.08. The third-order valence-corrected chi connectivity index (χ3v) is 5.09. The molecule has 0 aliphatic rings. The summed E-state index contributed by atoms with van der Waals surface area (Å²) in [5.41, 5.74) is 0. The van der Waals surface area contributed by atoms with Gasteiger partial charge in [-0.15, -0.1) is 47.1 Å². The summed E-state index contributed by atoms with van der Waals surface area (Å²) >= 11 is 3.42. The summed E-state index contributed by atoms with van der Waals surface area (Å²) < 4.78 is 12.8. The van der Waals surface area contributed by atoms with Crippen molar-refractivity contribution in [1.29, 1.82) is 0 Å². The fourth-order valence-electron chi connectivity index (χ4n) is 1.88. The van der Waals surface area contributed by atoms with Crippen molar-refractivity contribution in [3.8, 4) is 0 Å². The molecular weight excluding hydrogens is 444 g/mol. The van der Waals surface area contributed by atoms with Crippen LogP contribution in [0, 0.1) is 5.82 Å². The number of guanidine groups is 1. The molecule has 2 rings (SSSR count). The van der Waals surface area contributed by atoms with Crippen LogP contribution in [0.3, 0.4) is 0 Å². The predicted octanol–water partition coefficient (Wildman–Crippen LogP) is 4.52. The van der Waals surface area contributed by atoms with E-state index in [9.17, 15) is 4.39 Å². The van der Waals surface area contributed by atoms with Crippen molar-refractivity contribution < 1.29 is 4.39 Å². The highest BCUT2D eigenvalue weighted by atomic mass is 127. The van der Waals surface area contributed by atoms with E-state index in [4.69, 9.17) is 0 Å². The standard InChI is InChI=1S/C16H20FN3S2.HI/c1-12(15-4-3-10-22-15)20-16(18-2)19-9-11-21-14-7-5-13(17)6-8-14;/h3-8,10,12H,9,11H2,1-2H3,(H2,18,19,20);1H. The molecule has 0 radical (unpaired) electrons. The lowest BCUT2D eigenvalue weighted by molar-refractivity contribution is 0.626. The van der Waals surface area contributed by atoms with E-state index in [1.807, 2.05) is 6.07 Å². The second kappa shape index (κ2) is 10.9. The monoisotopic (exact) mass is 465 g/mol. The van der Waals surface area contributed by atoms with Gasteiger partial charge in [-0.25, -0.2) is 4.39 Å². The minimum Gasteiger partial charge on any atom is -0.356 e. The highest BCUT2D eigenvalue weighted by molar-refractivity contribution is 14.0. The number of thioether (sulfide) groups is 1. The van der Waals surface area contributed by atoms with Crippen molar-refractivity contribution in [2.75, 3.05) is 19.3 Å². The average molecular weight is 465 g/mol. The van der Waals surface area contributed by atoms with Crippen LogP contribution in [0.1, 0.15) is 17.8 Å². The van der Waals surface area contributed by atoms with E-state index >= 15 is 0 Å². The number of rotatable bonds is 6. The topological polar surface area (TPSA) is 36.4 Å². The minimum absolute atomic E-state index is 0. The summed E-state index contributed by atoms with van der Waals surface area (Å²) in [6, 6.07) is 11.0. The Morgan fingerprint density at radius 1 is 1.30 bits per heavy atom. The predicted molar refractivity (Wildman–Crippen MR) is 110 cm³/mol. The number of thiophene rings is 1. The molecule has 7 heteroatoms. The molecule has 2 N–H and O–H groups in total. The molecule has 1 aromatic carbocycles. The number of nitrogens with one attached hydrogen (secondary N) is 2. The second-order valence-electron chi connectivity index (χ2n) is 4.68. The Morgan fingerprint density at radius 2 is 2.04 bits per heavy atom. The Hall–Kier alpha value is -0.800. The molecule has 0 aliphatic carbocycles. The summed E-state index contributed by atoms with van der Waals surface area (Å²) in [5, 5.41) is 8.73. The van der Waals surface area contributed by atoms with Gasteiger partial charge < -0.3 is 10.6 Å². The van der Waals surface area contributed by atoms with Gasteiger partial charge >= 0.3 is 0 Å². The first kappa shape index (κ1) is 20.2. The van der Waals surface area contributed by atoms with Gasteiger partial charge in [0.05, 0.1) is 6.04 Å². The largest absolute Gasteiger partial charge is 0.356 e. The van der Waals surface area contributed by atoms with Gasteiger partial charge in [0.2, 0.25) is 0 Å². The summed E-state index contributed by atoms with van der Waals surface area (Å²) in [4.78, 5) is 6.58. The number of halogens is 2. The lowest BCUT2D eigenvalue weighted by Gasteiger charge is -2.16. The van der Waals surface area contributed by atoms with E-state index < -0.39 is 0 Å². The molecule has 1 aromatic heterocycles. The molecule has 1 unspecified atom stereocenters. The first-order valence-corrected chi connectivity index (χ1v) is 8.94. The summed E-state index contributed by atoms with van der Waals surface area (Å²) in [6.07, 6.45) is 0. The first-order valence-electron chi connectivity index (χ1n) is 7.08. The number of benzene rings is 1. The van der Waals surface area contributed by atoms with Gasteiger partial charge in [-0.2, -0.15) is 0 Å². The van der Waals surface area contributed by atoms with Crippen molar-refractivity contribution in [2.45, 2.75) is 17.9 Å². The third-order valence-electron chi connectivity index (χ3n) is 3.02. The summed E-state index contributed by atoms with van der Waals surface area (Å²) in [6.45, 7) is 2.91. The fraction of sp³-hybridized carbons (Fsp3) is 0.312. The molecular formula is C16H21FIN3S2. The Bertz CT molecular complexity index is 588. The van der Waals surface area contributed by atoms with Crippen molar-refractivity contribution in [1.82, 2.24) is 10.6 Å². The molecule has 2 aromatic rings. The Morgan fingerprint density at radius 3 is 2.65 bits per heavy atom. The van der Waals surface area contributed by atoms with E-state index in [0.29, 0.717) is 0 Å². The molecule has 3 nitrogen and oxygen atoms in total. The molecule has 0 fully saturated rings. The summed E-state index contributed by atoms with van der Waals surface area (Å²) in [7, 11) is 1.77. The Balaban J connectivity index is 0.00000264. The van der Waals surface area contributed by atoms with Gasteiger partial charge in [0.15, 0.2) is 5.96 Å². The molecule has 126 valence electrons. The van der Waals surface area contributed by atoms with Crippen LogP contribution in [0.5, 0.6) is 0 Å². The molecule has 23 heavy (non-hydrogen) atoms. The maximum absolute atomic E-state index is 12.8. The average Bonchev–Trinajstić information content (AvgIpc) is 3.06. The number of hydrogen-bond donors (Lipinski definition) is 2. The Kier molecular flexibility index (Phi) is 9.57. The molecule has 1 heterocycles. The Labute approximate surface area is 162 Å². The lowest BCUT2D eigenvalue weighted by atomic mass is 10.3. The van der Waals surface area contributed by atoms with Crippen molar-refractivity contribution >= 4 is 53.0 Å². The minimum atomic E-state index is -0.199. The van der Waals surface area contributed by atoms with Crippen LogP contribution in [0.4, 0.5) is 4.39 Å². The first-order chi connectivity index (χ1) is 10.7. The molecule has 0 bridgehead atoms. The fourth-order valence-corrected chi connectivity index (χ4v) is 3.38. The van der Waals surface area contributed by atoms with Crippen LogP contribution >= 0.6 is 47.1 Å². The zero-order chi connectivity index (χ0) is 15.8. The van der Waals surface area contributed by atoms with E-state index in [1.54, 1.807) is 42.3 Å². The molecule has 0 saturated heterocycles. The van der Waals surface area contributed by atoms with Gasteiger partial charge in [-0.3, -0.25) is 4.99 Å². The van der Waals surface area contributed by atoms with Gasteiger partial charge in [-0.1, -0.05) is 6.07 Å². The van der Waals surface area contributed by atoms with E-state index in [2.05, 4.69) is 34.0 Å². The molecule has 0 spiro atoms. The zero-order valence-electron chi connectivity index (χ0n) is 13.1. The van der Waals surface area contributed by atoms with Crippen LogP contribution in [0.15, 0.2) is 51.7 Å². The lowest BCUT2D eigenvalue weighted by Crippen LogP contribution is -2.39. The maximum atomic E-state index is 12.8. The second-order valence-corrected chi connectivity index (χ2v) is 6.83. The van der Waals surface area contributed by atoms with Crippen LogP contribution in [0.25, 0.3) is 0 Å². The normalized spacial score (nSPS) is 12.4. The SMILES string of the molecule is CN=C(NCCSc1ccc(F)cc1)NC(C)c1cccs1.I. The highest BCUT2D eigenvalue weighted by Crippen LogP contribution is 2.18. The third kappa shape index (κ3) is 7.09. The van der Waals surface area contributed by atoms with Gasteiger partial charge in [0.25, 0.3) is 0 Å². The van der Waals surface area contributed by atoms with Gasteiger partial charge in [0, 0.05) is 29.1 Å². The number of nitrogens with zero attached hydrogens (tertiary/aromatic N) is 1. The van der Waals surface area contributed by atoms with E-state index in [-0.39, 0.29) is 35.8 Å². The van der Waals surface area contributed by atoms with Crippen LogP contribution in [-0.2, 0) is 0 Å². The molecule has 1 atom stereocenters. The van der Waals surface area contributed by atoms with Crippen LogP contribution in [0.2, 0.25) is 0 Å².